The number of carbonyl (C=O) groups excluding carboxylic acids is 1. The van der Waals surface area contributed by atoms with Crippen molar-refractivity contribution in [3.8, 4) is 11.8 Å². The standard InChI is InChI=1S/C14H14O2/c15-9-2-1-4-11-7-8-12-5-3-6-14(16)13(12)10-11/h7-8,10,15H,2-3,5-6,9H2. The summed E-state index contributed by atoms with van der Waals surface area (Å²) in [5, 5.41) is 8.62. The van der Waals surface area contributed by atoms with Gasteiger partial charge in [-0.05, 0) is 30.5 Å². The maximum absolute atomic E-state index is 11.7. The van der Waals surface area contributed by atoms with E-state index in [1.807, 2.05) is 18.2 Å². The molecule has 0 spiro atoms. The second-order valence-electron chi connectivity index (χ2n) is 3.92. The minimum Gasteiger partial charge on any atom is -0.395 e. The smallest absolute Gasteiger partial charge is 0.163 e. The molecule has 1 aliphatic carbocycles. The number of hydrogen-bond donors (Lipinski definition) is 1. The van der Waals surface area contributed by atoms with Crippen molar-refractivity contribution in [2.24, 2.45) is 0 Å². The van der Waals surface area contributed by atoms with E-state index in [2.05, 4.69) is 11.8 Å². The van der Waals surface area contributed by atoms with Gasteiger partial charge < -0.3 is 5.11 Å². The molecular weight excluding hydrogens is 200 g/mol. The van der Waals surface area contributed by atoms with Crippen molar-refractivity contribution in [1.82, 2.24) is 0 Å². The van der Waals surface area contributed by atoms with Gasteiger partial charge in [-0.2, -0.15) is 0 Å². The van der Waals surface area contributed by atoms with Crippen molar-refractivity contribution in [2.45, 2.75) is 25.7 Å². The Hall–Kier alpha value is -1.59. The van der Waals surface area contributed by atoms with Crippen LogP contribution in [0.3, 0.4) is 0 Å². The van der Waals surface area contributed by atoms with Gasteiger partial charge in [-0.15, -0.1) is 0 Å². The van der Waals surface area contributed by atoms with E-state index in [1.54, 1.807) is 0 Å². The number of fused-ring (bicyclic) bond motifs is 1. The third-order valence-corrected chi connectivity index (χ3v) is 2.73. The molecule has 0 atom stereocenters. The number of aliphatic hydroxyl groups is 1. The zero-order valence-electron chi connectivity index (χ0n) is 9.12. The van der Waals surface area contributed by atoms with E-state index < -0.39 is 0 Å². The molecule has 0 radical (unpaired) electrons. The molecule has 1 aromatic rings. The molecule has 0 aromatic heterocycles. The summed E-state index contributed by atoms with van der Waals surface area (Å²) in [6.07, 6.45) is 3.08. The molecule has 1 aliphatic rings. The molecule has 82 valence electrons. The molecule has 2 rings (SSSR count). The van der Waals surface area contributed by atoms with Gasteiger partial charge in [0.1, 0.15) is 0 Å². The molecule has 0 aliphatic heterocycles. The Labute approximate surface area is 95.3 Å². The van der Waals surface area contributed by atoms with E-state index in [4.69, 9.17) is 5.11 Å². The third-order valence-electron chi connectivity index (χ3n) is 2.73. The average molecular weight is 214 g/mol. The molecule has 0 saturated carbocycles. The summed E-state index contributed by atoms with van der Waals surface area (Å²) in [6.45, 7) is 0.0802. The molecule has 1 N–H and O–H groups in total. The molecule has 0 saturated heterocycles. The highest BCUT2D eigenvalue weighted by Gasteiger charge is 2.16. The topological polar surface area (TPSA) is 37.3 Å². The first-order valence-electron chi connectivity index (χ1n) is 5.57. The molecule has 0 bridgehead atoms. The number of aliphatic hydroxyl groups excluding tert-OH is 1. The predicted octanol–water partition coefficient (Wildman–Crippen LogP) is 1.94. The minimum absolute atomic E-state index is 0.0802. The number of carbonyl (C=O) groups is 1. The van der Waals surface area contributed by atoms with E-state index in [9.17, 15) is 4.79 Å². The first kappa shape index (κ1) is 10.9. The molecule has 16 heavy (non-hydrogen) atoms. The van der Waals surface area contributed by atoms with Gasteiger partial charge in [0.05, 0.1) is 6.61 Å². The maximum Gasteiger partial charge on any atom is 0.163 e. The summed E-state index contributed by atoms with van der Waals surface area (Å²) in [5.41, 5.74) is 2.84. The summed E-state index contributed by atoms with van der Waals surface area (Å²) < 4.78 is 0. The average Bonchev–Trinajstić information content (AvgIpc) is 2.30. The van der Waals surface area contributed by atoms with Crippen molar-refractivity contribution in [2.75, 3.05) is 6.61 Å². The molecule has 1 aromatic carbocycles. The number of hydrogen-bond acceptors (Lipinski definition) is 2. The Balaban J connectivity index is 2.28. The summed E-state index contributed by atoms with van der Waals surface area (Å²) in [7, 11) is 0. The summed E-state index contributed by atoms with van der Waals surface area (Å²) in [5.74, 6) is 6.04. The molecule has 2 nitrogen and oxygen atoms in total. The van der Waals surface area contributed by atoms with Crippen molar-refractivity contribution in [3.05, 3.63) is 34.9 Å². The van der Waals surface area contributed by atoms with Crippen LogP contribution in [0.5, 0.6) is 0 Å². The van der Waals surface area contributed by atoms with E-state index in [0.29, 0.717) is 12.8 Å². The van der Waals surface area contributed by atoms with Crippen LogP contribution < -0.4 is 0 Å². The SMILES string of the molecule is O=C1CCCc2ccc(C#CCCO)cc21. The number of benzene rings is 1. The van der Waals surface area contributed by atoms with Gasteiger partial charge in [-0.3, -0.25) is 4.79 Å². The Morgan fingerprint density at radius 2 is 2.19 bits per heavy atom. The monoisotopic (exact) mass is 214 g/mol. The number of Topliss-reactive ketones (excluding diaryl/α,β-unsaturated/α-hetero) is 1. The van der Waals surface area contributed by atoms with Crippen molar-refractivity contribution in [1.29, 1.82) is 0 Å². The summed E-state index contributed by atoms with van der Waals surface area (Å²) in [6, 6.07) is 5.82. The molecule has 0 amide bonds. The second kappa shape index (κ2) is 4.96. The maximum atomic E-state index is 11.7. The predicted molar refractivity (Wildman–Crippen MR) is 62.3 cm³/mol. The van der Waals surface area contributed by atoms with E-state index in [1.165, 1.54) is 0 Å². The Morgan fingerprint density at radius 1 is 1.31 bits per heavy atom. The van der Waals surface area contributed by atoms with Crippen LogP contribution >= 0.6 is 0 Å². The Morgan fingerprint density at radius 3 is 3.00 bits per heavy atom. The highest BCUT2D eigenvalue weighted by molar-refractivity contribution is 5.98. The van der Waals surface area contributed by atoms with Crippen molar-refractivity contribution in [3.63, 3.8) is 0 Å². The van der Waals surface area contributed by atoms with E-state index >= 15 is 0 Å². The second-order valence-corrected chi connectivity index (χ2v) is 3.92. The fourth-order valence-electron chi connectivity index (χ4n) is 1.93. The van der Waals surface area contributed by atoms with Gasteiger partial charge in [-0.25, -0.2) is 0 Å². The van der Waals surface area contributed by atoms with Crippen LogP contribution in [0.1, 0.15) is 40.7 Å². The van der Waals surface area contributed by atoms with Gasteiger partial charge >= 0.3 is 0 Å². The van der Waals surface area contributed by atoms with Gasteiger partial charge in [0.15, 0.2) is 5.78 Å². The zero-order chi connectivity index (χ0) is 11.4. The lowest BCUT2D eigenvalue weighted by atomic mass is 9.89. The molecule has 0 fully saturated rings. The lowest BCUT2D eigenvalue weighted by Gasteiger charge is -2.14. The molecule has 0 unspecified atom stereocenters. The first-order chi connectivity index (χ1) is 7.81. The van der Waals surface area contributed by atoms with Gasteiger partial charge in [0.2, 0.25) is 0 Å². The zero-order valence-corrected chi connectivity index (χ0v) is 9.12. The number of ketones is 1. The Kier molecular flexibility index (Phi) is 3.38. The molecule has 0 heterocycles. The van der Waals surface area contributed by atoms with E-state index in [0.717, 1.165) is 29.5 Å². The van der Waals surface area contributed by atoms with Crippen molar-refractivity contribution < 1.29 is 9.90 Å². The van der Waals surface area contributed by atoms with Crippen LogP contribution in [0, 0.1) is 11.8 Å². The summed E-state index contributed by atoms with van der Waals surface area (Å²) in [4.78, 5) is 11.7. The number of aryl methyl sites for hydroxylation is 1. The number of rotatable bonds is 1. The van der Waals surface area contributed by atoms with Crippen LogP contribution in [0.15, 0.2) is 18.2 Å². The fourth-order valence-corrected chi connectivity index (χ4v) is 1.93. The molecule has 2 heteroatoms. The van der Waals surface area contributed by atoms with E-state index in [-0.39, 0.29) is 12.4 Å². The first-order valence-corrected chi connectivity index (χ1v) is 5.57. The van der Waals surface area contributed by atoms with Crippen LogP contribution in [0.25, 0.3) is 0 Å². The largest absolute Gasteiger partial charge is 0.395 e. The van der Waals surface area contributed by atoms with Gasteiger partial charge in [0, 0.05) is 24.0 Å². The normalized spacial score (nSPS) is 13.9. The minimum atomic E-state index is 0.0802. The van der Waals surface area contributed by atoms with Gasteiger partial charge in [0.25, 0.3) is 0 Å². The molecular formula is C14H14O2. The fraction of sp³-hybridized carbons (Fsp3) is 0.357. The highest BCUT2D eigenvalue weighted by atomic mass is 16.2. The van der Waals surface area contributed by atoms with Crippen LogP contribution in [-0.4, -0.2) is 17.5 Å². The van der Waals surface area contributed by atoms with Crippen molar-refractivity contribution >= 4 is 5.78 Å². The van der Waals surface area contributed by atoms with Crippen LogP contribution in [0.4, 0.5) is 0 Å². The van der Waals surface area contributed by atoms with Crippen LogP contribution in [-0.2, 0) is 6.42 Å². The lowest BCUT2D eigenvalue weighted by molar-refractivity contribution is 0.0972. The quantitative estimate of drug-likeness (QED) is 0.725. The third kappa shape index (κ3) is 2.32. The van der Waals surface area contributed by atoms with Crippen LogP contribution in [0.2, 0.25) is 0 Å². The Bertz CT molecular complexity index is 463. The highest BCUT2D eigenvalue weighted by Crippen LogP contribution is 2.21. The lowest BCUT2D eigenvalue weighted by Crippen LogP contribution is -2.10. The van der Waals surface area contributed by atoms with Gasteiger partial charge in [-0.1, -0.05) is 17.9 Å². The summed E-state index contributed by atoms with van der Waals surface area (Å²) >= 11 is 0.